The monoisotopic (exact) mass is 385 g/mol. The van der Waals surface area contributed by atoms with Gasteiger partial charge in [0.2, 0.25) is 0 Å². The van der Waals surface area contributed by atoms with Gasteiger partial charge in [0.1, 0.15) is 6.61 Å². The Balaban J connectivity index is 2.43. The van der Waals surface area contributed by atoms with Gasteiger partial charge < -0.3 is 14.5 Å². The van der Waals surface area contributed by atoms with Crippen LogP contribution in [0.5, 0.6) is 11.5 Å². The Morgan fingerprint density at radius 2 is 2.04 bits per heavy atom. The highest BCUT2D eigenvalue weighted by Gasteiger charge is 2.18. The van der Waals surface area contributed by atoms with Crippen molar-refractivity contribution in [2.24, 2.45) is 5.41 Å². The second-order valence-corrected chi connectivity index (χ2v) is 7.90. The lowest BCUT2D eigenvalue weighted by molar-refractivity contribution is -0.119. The topological polar surface area (TPSA) is 68.4 Å². The van der Waals surface area contributed by atoms with E-state index in [0.717, 1.165) is 5.56 Å². The SMILES string of the molecule is C#CCOc1ccc(/C=c2/s/c(=C/C(=O)C(C)(C)C)[nH]c2=O)cc1OCC. The number of aromatic nitrogens is 1. The summed E-state index contributed by atoms with van der Waals surface area (Å²) in [7, 11) is 0. The normalized spacial score (nSPS) is 12.7. The van der Waals surface area contributed by atoms with Gasteiger partial charge in [0.15, 0.2) is 17.3 Å². The van der Waals surface area contributed by atoms with E-state index in [1.54, 1.807) is 18.2 Å². The van der Waals surface area contributed by atoms with Crippen molar-refractivity contribution in [2.45, 2.75) is 27.7 Å². The third-order valence-electron chi connectivity index (χ3n) is 3.56. The predicted molar refractivity (Wildman–Crippen MR) is 109 cm³/mol. The summed E-state index contributed by atoms with van der Waals surface area (Å²) in [6.45, 7) is 8.01. The number of hydrogen-bond acceptors (Lipinski definition) is 5. The number of benzene rings is 1. The van der Waals surface area contributed by atoms with Gasteiger partial charge in [0, 0.05) is 11.5 Å². The number of carbonyl (C=O) groups excluding carboxylic acids is 1. The van der Waals surface area contributed by atoms with Crippen molar-refractivity contribution >= 4 is 29.3 Å². The molecule has 0 atom stereocenters. The summed E-state index contributed by atoms with van der Waals surface area (Å²) >= 11 is 1.24. The van der Waals surface area contributed by atoms with Gasteiger partial charge in [-0.1, -0.05) is 32.8 Å². The molecule has 1 N–H and O–H groups in total. The number of nitrogens with one attached hydrogen (secondary N) is 1. The van der Waals surface area contributed by atoms with Crippen LogP contribution < -0.4 is 24.2 Å². The molecular formula is C21H23NO4S. The van der Waals surface area contributed by atoms with Crippen molar-refractivity contribution in [3.8, 4) is 23.8 Å². The number of hydrogen-bond donors (Lipinski definition) is 1. The Morgan fingerprint density at radius 1 is 1.30 bits per heavy atom. The maximum absolute atomic E-state index is 12.2. The Kier molecular flexibility index (Phi) is 6.65. The fourth-order valence-electron chi connectivity index (χ4n) is 2.13. The second-order valence-electron chi connectivity index (χ2n) is 6.82. The predicted octanol–water partition coefficient (Wildman–Crippen LogP) is 2.07. The molecule has 2 rings (SSSR count). The summed E-state index contributed by atoms with van der Waals surface area (Å²) in [6.07, 6.45) is 8.45. The minimum atomic E-state index is -0.495. The molecule has 0 saturated heterocycles. The molecule has 0 fully saturated rings. The summed E-state index contributed by atoms with van der Waals surface area (Å²) < 4.78 is 12.1. The van der Waals surface area contributed by atoms with Crippen molar-refractivity contribution in [1.82, 2.24) is 4.98 Å². The fraction of sp³-hybridized carbons (Fsp3) is 0.333. The largest absolute Gasteiger partial charge is 0.490 e. The van der Waals surface area contributed by atoms with Gasteiger partial charge >= 0.3 is 0 Å². The zero-order chi connectivity index (χ0) is 20.0. The van der Waals surface area contributed by atoms with Gasteiger partial charge in [-0.05, 0) is 30.7 Å². The first-order chi connectivity index (χ1) is 12.7. The van der Waals surface area contributed by atoms with Gasteiger partial charge in [0.25, 0.3) is 5.56 Å². The molecule has 6 heteroatoms. The van der Waals surface area contributed by atoms with Crippen molar-refractivity contribution in [2.75, 3.05) is 13.2 Å². The lowest BCUT2D eigenvalue weighted by Crippen LogP contribution is -2.22. The summed E-state index contributed by atoms with van der Waals surface area (Å²) in [5.74, 6) is 3.49. The molecule has 2 aromatic rings. The number of terminal acetylenes is 1. The summed E-state index contributed by atoms with van der Waals surface area (Å²) in [4.78, 5) is 27.1. The third kappa shape index (κ3) is 5.60. The molecule has 27 heavy (non-hydrogen) atoms. The van der Waals surface area contributed by atoms with E-state index in [1.165, 1.54) is 17.4 Å². The number of Topliss-reactive ketones (excluding diaryl/α,β-unsaturated/α-hetero) is 1. The highest BCUT2D eigenvalue weighted by atomic mass is 32.1. The van der Waals surface area contributed by atoms with Crippen LogP contribution >= 0.6 is 11.3 Å². The highest BCUT2D eigenvalue weighted by molar-refractivity contribution is 7.07. The molecule has 0 unspecified atom stereocenters. The minimum absolute atomic E-state index is 0.0415. The molecular weight excluding hydrogens is 362 g/mol. The van der Waals surface area contributed by atoms with Crippen molar-refractivity contribution in [1.29, 1.82) is 0 Å². The molecule has 0 aliphatic carbocycles. The number of ether oxygens (including phenoxy) is 2. The maximum atomic E-state index is 12.2. The molecule has 1 aromatic heterocycles. The Bertz CT molecular complexity index is 1030. The summed E-state index contributed by atoms with van der Waals surface area (Å²) in [5, 5.41) is 0. The molecule has 0 spiro atoms. The molecule has 0 bridgehead atoms. The third-order valence-corrected chi connectivity index (χ3v) is 4.52. The van der Waals surface area contributed by atoms with E-state index in [4.69, 9.17) is 15.9 Å². The van der Waals surface area contributed by atoms with Crippen LogP contribution in [0.4, 0.5) is 0 Å². The lowest BCUT2D eigenvalue weighted by atomic mass is 9.91. The van der Waals surface area contributed by atoms with Crippen LogP contribution in [0.25, 0.3) is 12.2 Å². The fourth-order valence-corrected chi connectivity index (χ4v) is 3.02. The molecule has 0 saturated carbocycles. The molecule has 0 amide bonds. The van der Waals surface area contributed by atoms with E-state index in [9.17, 15) is 9.59 Å². The molecule has 0 aliphatic rings. The van der Waals surface area contributed by atoms with Gasteiger partial charge in [-0.3, -0.25) is 9.59 Å². The first-order valence-corrected chi connectivity index (χ1v) is 9.36. The first-order valence-electron chi connectivity index (χ1n) is 8.54. The van der Waals surface area contributed by atoms with E-state index in [0.29, 0.717) is 27.3 Å². The van der Waals surface area contributed by atoms with Gasteiger partial charge in [-0.2, -0.15) is 0 Å². The summed E-state index contributed by atoms with van der Waals surface area (Å²) in [6, 6.07) is 5.36. The van der Waals surface area contributed by atoms with Crippen LogP contribution in [0.3, 0.4) is 0 Å². The van der Waals surface area contributed by atoms with E-state index in [1.807, 2.05) is 33.8 Å². The number of aromatic amines is 1. The van der Waals surface area contributed by atoms with Gasteiger partial charge in [-0.15, -0.1) is 17.8 Å². The Labute approximate surface area is 162 Å². The van der Waals surface area contributed by atoms with Crippen LogP contribution in [0, 0.1) is 17.8 Å². The second kappa shape index (κ2) is 8.74. The van der Waals surface area contributed by atoms with Gasteiger partial charge in [-0.25, -0.2) is 0 Å². The van der Waals surface area contributed by atoms with E-state index in [2.05, 4.69) is 10.9 Å². The van der Waals surface area contributed by atoms with Crippen molar-refractivity contribution in [3.63, 3.8) is 0 Å². The molecule has 1 heterocycles. The van der Waals surface area contributed by atoms with E-state index >= 15 is 0 Å². The average Bonchev–Trinajstić information content (AvgIpc) is 2.93. The Hall–Kier alpha value is -2.78. The number of carbonyl (C=O) groups is 1. The van der Waals surface area contributed by atoms with Crippen LogP contribution in [-0.2, 0) is 4.79 Å². The average molecular weight is 385 g/mol. The quantitative estimate of drug-likeness (QED) is 0.773. The maximum Gasteiger partial charge on any atom is 0.266 e. The highest BCUT2D eigenvalue weighted by Crippen LogP contribution is 2.28. The van der Waals surface area contributed by atoms with Crippen LogP contribution in [-0.4, -0.2) is 24.0 Å². The summed E-state index contributed by atoms with van der Waals surface area (Å²) in [5.41, 5.74) is 0.0527. The van der Waals surface area contributed by atoms with Crippen molar-refractivity contribution in [3.05, 3.63) is 43.3 Å². The number of thiazole rings is 1. The number of H-pyrrole nitrogens is 1. The molecule has 0 aliphatic heterocycles. The standard InChI is InChI=1S/C21H23NO4S/c1-6-10-26-15-9-8-14(11-16(15)25-7-2)12-17-20(24)22-19(27-17)13-18(23)21(3,4)5/h1,8-9,11-13H,7,10H2,2-5H3,(H,22,24)/b17-12+,19-13+. The van der Waals surface area contributed by atoms with Gasteiger partial charge in [0.05, 0.1) is 15.8 Å². The lowest BCUT2D eigenvalue weighted by Gasteiger charge is -2.12. The molecule has 0 radical (unpaired) electrons. The zero-order valence-electron chi connectivity index (χ0n) is 15.9. The number of rotatable bonds is 6. The van der Waals surface area contributed by atoms with E-state index in [-0.39, 0.29) is 17.9 Å². The number of ketones is 1. The van der Waals surface area contributed by atoms with Crippen LogP contribution in [0.2, 0.25) is 0 Å². The Morgan fingerprint density at radius 3 is 2.67 bits per heavy atom. The minimum Gasteiger partial charge on any atom is -0.490 e. The first kappa shape index (κ1) is 20.5. The van der Waals surface area contributed by atoms with Crippen LogP contribution in [0.1, 0.15) is 33.3 Å². The molecule has 5 nitrogen and oxygen atoms in total. The molecule has 142 valence electrons. The van der Waals surface area contributed by atoms with Crippen LogP contribution in [0.15, 0.2) is 23.0 Å². The smallest absolute Gasteiger partial charge is 0.266 e. The zero-order valence-corrected chi connectivity index (χ0v) is 16.7. The van der Waals surface area contributed by atoms with Crippen molar-refractivity contribution < 1.29 is 14.3 Å². The van der Waals surface area contributed by atoms with E-state index < -0.39 is 5.41 Å². The molecule has 1 aromatic carbocycles.